The number of rotatable bonds is 10. The van der Waals surface area contributed by atoms with Crippen LogP contribution in [0.3, 0.4) is 0 Å². The predicted octanol–water partition coefficient (Wildman–Crippen LogP) is 2.34. The van der Waals surface area contributed by atoms with Crippen molar-refractivity contribution < 1.29 is 28.7 Å². The van der Waals surface area contributed by atoms with Crippen LogP contribution in [0.2, 0.25) is 0 Å². The first-order valence-electron chi connectivity index (χ1n) is 10.4. The summed E-state index contributed by atoms with van der Waals surface area (Å²) in [6.45, 7) is 4.82. The zero-order chi connectivity index (χ0) is 23.5. The van der Waals surface area contributed by atoms with Crippen LogP contribution in [-0.4, -0.2) is 63.3 Å². The van der Waals surface area contributed by atoms with Gasteiger partial charge in [0.2, 0.25) is 5.50 Å². The van der Waals surface area contributed by atoms with Crippen LogP contribution in [0, 0.1) is 5.92 Å². The number of hydrogen-bond acceptors (Lipinski definition) is 7. The van der Waals surface area contributed by atoms with Crippen molar-refractivity contribution in [1.82, 2.24) is 10.2 Å². The monoisotopic (exact) mass is 482 g/mol. The molecule has 3 atom stereocenters. The average Bonchev–Trinajstić information content (AvgIpc) is 3.57. The number of halogens is 1. The van der Waals surface area contributed by atoms with Crippen molar-refractivity contribution in [2.75, 3.05) is 12.4 Å². The van der Waals surface area contributed by atoms with E-state index in [-0.39, 0.29) is 24.1 Å². The van der Waals surface area contributed by atoms with E-state index in [9.17, 15) is 19.2 Å². The Balaban J connectivity index is 1.62. The van der Waals surface area contributed by atoms with Gasteiger partial charge in [0.25, 0.3) is 11.8 Å². The van der Waals surface area contributed by atoms with Crippen molar-refractivity contribution in [2.24, 2.45) is 5.92 Å². The van der Waals surface area contributed by atoms with Gasteiger partial charge in [-0.3, -0.25) is 19.3 Å². The molecule has 0 aromatic heterocycles. The van der Waals surface area contributed by atoms with Crippen LogP contribution >= 0.6 is 23.4 Å². The molecule has 3 rings (SSSR count). The lowest BCUT2D eigenvalue weighted by Crippen LogP contribution is -2.72. The summed E-state index contributed by atoms with van der Waals surface area (Å²) in [6.07, 6.45) is 1.75. The summed E-state index contributed by atoms with van der Waals surface area (Å²) in [5.41, 5.74) is -2.13. The smallest absolute Gasteiger partial charge is 0.345 e. The minimum Gasteiger partial charge on any atom is -0.484 e. The van der Waals surface area contributed by atoms with Gasteiger partial charge >= 0.3 is 5.97 Å². The van der Waals surface area contributed by atoms with Crippen molar-refractivity contribution in [3.8, 4) is 5.75 Å². The highest BCUT2D eigenvalue weighted by atomic mass is 35.5. The molecule has 1 heterocycles. The van der Waals surface area contributed by atoms with E-state index in [1.54, 1.807) is 45.0 Å². The standard InChI is InChI=1S/C22H27ClN2O6S/c1-22(2,3)31-21(29)18(23)25-19(28)17(20(25)32-12-15(26)13-9-10-13)24-16(27)11-30-14-7-5-4-6-8-14/h4-8,13,17-18,20H,9-12H2,1-3H3,(H,24,27)/t17-,18?,20-/m1/s1. The first-order valence-corrected chi connectivity index (χ1v) is 11.9. The molecule has 1 unspecified atom stereocenters. The molecular formula is C22H27ClN2O6S. The topological polar surface area (TPSA) is 102 Å². The highest BCUT2D eigenvalue weighted by Gasteiger charge is 2.53. The molecule has 32 heavy (non-hydrogen) atoms. The lowest BCUT2D eigenvalue weighted by Gasteiger charge is -2.48. The number of benzene rings is 1. The Kier molecular flexibility index (Phi) is 7.71. The van der Waals surface area contributed by atoms with E-state index >= 15 is 0 Å². The second-order valence-corrected chi connectivity index (χ2v) is 10.2. The molecule has 0 bridgehead atoms. The van der Waals surface area contributed by atoms with Gasteiger partial charge in [0.15, 0.2) is 6.61 Å². The molecule has 1 N–H and O–H groups in total. The molecule has 10 heteroatoms. The number of para-hydroxylation sites is 1. The summed E-state index contributed by atoms with van der Waals surface area (Å²) in [7, 11) is 0. The maximum atomic E-state index is 12.8. The molecule has 2 aliphatic rings. The Morgan fingerprint density at radius 3 is 2.47 bits per heavy atom. The summed E-state index contributed by atoms with van der Waals surface area (Å²) < 4.78 is 10.7. The molecule has 174 valence electrons. The van der Waals surface area contributed by atoms with Crippen LogP contribution in [0.5, 0.6) is 5.75 Å². The molecule has 1 saturated carbocycles. The normalized spacial score (nSPS) is 21.4. The summed E-state index contributed by atoms with van der Waals surface area (Å²) in [4.78, 5) is 50.8. The summed E-state index contributed by atoms with van der Waals surface area (Å²) in [6, 6.07) is 7.90. The molecule has 1 aliphatic carbocycles. The Morgan fingerprint density at radius 1 is 1.22 bits per heavy atom. The van der Waals surface area contributed by atoms with Gasteiger partial charge in [-0.25, -0.2) is 4.79 Å². The molecule has 1 aromatic rings. The van der Waals surface area contributed by atoms with Crippen LogP contribution in [0.25, 0.3) is 0 Å². The zero-order valence-electron chi connectivity index (χ0n) is 18.2. The van der Waals surface area contributed by atoms with E-state index in [2.05, 4.69) is 5.32 Å². The van der Waals surface area contributed by atoms with Gasteiger partial charge in [0.05, 0.1) is 5.75 Å². The number of likely N-dealkylation sites (tertiary alicyclic amines) is 1. The number of carbonyl (C=O) groups excluding carboxylic acids is 4. The third kappa shape index (κ3) is 6.38. The number of carbonyl (C=O) groups is 4. The third-order valence-corrected chi connectivity index (χ3v) is 6.46. The molecule has 2 fully saturated rings. The SMILES string of the molecule is CC(C)(C)OC(=O)C(Cl)N1C(=O)[C@@H](NC(=O)COc2ccccc2)[C@H]1SCC(=O)C1CC1. The molecule has 0 spiro atoms. The Hall–Kier alpha value is -2.26. The number of ether oxygens (including phenoxy) is 2. The molecule has 1 saturated heterocycles. The van der Waals surface area contributed by atoms with E-state index in [0.29, 0.717) is 5.75 Å². The van der Waals surface area contributed by atoms with Crippen LogP contribution in [-0.2, 0) is 23.9 Å². The van der Waals surface area contributed by atoms with E-state index in [4.69, 9.17) is 21.1 Å². The van der Waals surface area contributed by atoms with Crippen molar-refractivity contribution in [1.29, 1.82) is 0 Å². The van der Waals surface area contributed by atoms with Gasteiger partial charge in [0, 0.05) is 5.92 Å². The van der Waals surface area contributed by atoms with E-state index in [1.165, 1.54) is 11.8 Å². The van der Waals surface area contributed by atoms with Crippen LogP contribution in [0.15, 0.2) is 30.3 Å². The molecule has 1 aliphatic heterocycles. The fourth-order valence-corrected chi connectivity index (χ4v) is 4.73. The summed E-state index contributed by atoms with van der Waals surface area (Å²) in [5, 5.41) is 1.96. The number of nitrogens with zero attached hydrogens (tertiary/aromatic N) is 1. The highest BCUT2D eigenvalue weighted by molar-refractivity contribution is 8.00. The average molecular weight is 483 g/mol. The number of nitrogens with one attached hydrogen (secondary N) is 1. The largest absolute Gasteiger partial charge is 0.484 e. The predicted molar refractivity (Wildman–Crippen MR) is 120 cm³/mol. The van der Waals surface area contributed by atoms with E-state index in [0.717, 1.165) is 17.7 Å². The van der Waals surface area contributed by atoms with Crippen LogP contribution < -0.4 is 10.1 Å². The molecular weight excluding hydrogens is 456 g/mol. The van der Waals surface area contributed by atoms with Crippen LogP contribution in [0.1, 0.15) is 33.6 Å². The first-order chi connectivity index (χ1) is 15.1. The van der Waals surface area contributed by atoms with Crippen LogP contribution in [0.4, 0.5) is 0 Å². The van der Waals surface area contributed by atoms with Crippen molar-refractivity contribution >= 4 is 46.9 Å². The minimum absolute atomic E-state index is 0.0664. The van der Waals surface area contributed by atoms with Crippen molar-refractivity contribution in [2.45, 2.75) is 56.1 Å². The summed E-state index contributed by atoms with van der Waals surface area (Å²) in [5.74, 6) is -0.912. The van der Waals surface area contributed by atoms with E-state index in [1.807, 2.05) is 6.07 Å². The zero-order valence-corrected chi connectivity index (χ0v) is 19.8. The van der Waals surface area contributed by atoms with Gasteiger partial charge < -0.3 is 14.8 Å². The van der Waals surface area contributed by atoms with Gasteiger partial charge in [-0.05, 0) is 45.7 Å². The Labute approximate surface area is 196 Å². The first kappa shape index (κ1) is 24.4. The van der Waals surface area contributed by atoms with Gasteiger partial charge in [0.1, 0.15) is 28.5 Å². The second-order valence-electron chi connectivity index (χ2n) is 8.70. The van der Waals surface area contributed by atoms with Gasteiger partial charge in [-0.15, -0.1) is 11.8 Å². The fraction of sp³-hybridized carbons (Fsp3) is 0.545. The maximum absolute atomic E-state index is 12.8. The quantitative estimate of drug-likeness (QED) is 0.236. The maximum Gasteiger partial charge on any atom is 0.345 e. The molecule has 1 aromatic carbocycles. The van der Waals surface area contributed by atoms with Crippen molar-refractivity contribution in [3.63, 3.8) is 0 Å². The van der Waals surface area contributed by atoms with E-state index < -0.39 is 40.3 Å². The lowest BCUT2D eigenvalue weighted by atomic mass is 10.1. The number of β-lactam (4-membered cyclic amide) rings is 1. The highest BCUT2D eigenvalue weighted by Crippen LogP contribution is 2.37. The Morgan fingerprint density at radius 2 is 1.88 bits per heavy atom. The van der Waals surface area contributed by atoms with Gasteiger partial charge in [-0.2, -0.15) is 0 Å². The Bertz CT molecular complexity index is 871. The number of hydrogen-bond donors (Lipinski definition) is 1. The number of ketones is 1. The van der Waals surface area contributed by atoms with Crippen molar-refractivity contribution in [3.05, 3.63) is 30.3 Å². The molecule has 8 nitrogen and oxygen atoms in total. The number of alkyl halides is 1. The number of thioether (sulfide) groups is 1. The number of Topliss-reactive ketones (excluding diaryl/α,β-unsaturated/α-hetero) is 1. The third-order valence-electron chi connectivity index (χ3n) is 4.78. The number of esters is 1. The lowest BCUT2D eigenvalue weighted by molar-refractivity contribution is -0.167. The second kappa shape index (κ2) is 10.1. The van der Waals surface area contributed by atoms with Gasteiger partial charge in [-0.1, -0.05) is 29.8 Å². The fourth-order valence-electron chi connectivity index (χ4n) is 3.07. The minimum atomic E-state index is -1.36. The molecule has 2 amide bonds. The number of amides is 2. The molecule has 0 radical (unpaired) electrons. The summed E-state index contributed by atoms with van der Waals surface area (Å²) >= 11 is 7.44.